The Hall–Kier alpha value is -1.79. The van der Waals surface area contributed by atoms with Crippen molar-refractivity contribution < 1.29 is 13.9 Å². The molecule has 0 saturated carbocycles. The van der Waals surface area contributed by atoms with Crippen LogP contribution in [0, 0.1) is 25.5 Å². The van der Waals surface area contributed by atoms with Crippen molar-refractivity contribution in [2.75, 3.05) is 13.1 Å². The molecule has 2 aromatic rings. The summed E-state index contributed by atoms with van der Waals surface area (Å²) < 4.78 is 28.8. The highest BCUT2D eigenvalue weighted by molar-refractivity contribution is 5.29. The first kappa shape index (κ1) is 17.0. The number of aliphatic hydroxyl groups excluding tert-OH is 1. The number of rotatable bonds is 4. The van der Waals surface area contributed by atoms with Crippen LogP contribution in [0.15, 0.2) is 18.2 Å². The molecule has 1 aliphatic rings. The molecule has 6 heteroatoms. The number of hydrogen-bond acceptors (Lipinski definition) is 3. The molecule has 3 rings (SSSR count). The molecule has 24 heavy (non-hydrogen) atoms. The van der Waals surface area contributed by atoms with Crippen molar-refractivity contribution in [1.29, 1.82) is 0 Å². The molecule has 0 aliphatic carbocycles. The second kappa shape index (κ2) is 6.61. The van der Waals surface area contributed by atoms with Crippen molar-refractivity contribution in [3.8, 4) is 0 Å². The molecule has 1 fully saturated rings. The second-order valence-electron chi connectivity index (χ2n) is 6.54. The van der Waals surface area contributed by atoms with Gasteiger partial charge in [-0.1, -0.05) is 6.07 Å². The van der Waals surface area contributed by atoms with E-state index in [-0.39, 0.29) is 11.6 Å². The highest BCUT2D eigenvalue weighted by Gasteiger charge is 2.32. The summed E-state index contributed by atoms with van der Waals surface area (Å²) in [6.45, 7) is 5.20. The molecular weight excluding hydrogens is 312 g/mol. The van der Waals surface area contributed by atoms with E-state index in [1.807, 2.05) is 25.6 Å². The number of halogens is 2. The van der Waals surface area contributed by atoms with Crippen LogP contribution in [0.3, 0.4) is 0 Å². The molecule has 1 aromatic carbocycles. The molecule has 0 bridgehead atoms. The van der Waals surface area contributed by atoms with E-state index in [1.54, 1.807) is 0 Å². The smallest absolute Gasteiger partial charge is 0.131 e. The quantitative estimate of drug-likeness (QED) is 0.933. The standard InChI is InChI=1S/C18H23F2N3O/c1-11-18(12(2)22(3)21-11)16-5-4-8-23(16)10-17(24)14-7-6-13(19)9-15(14)20/h6-7,9,16-17,24H,4-5,8,10H2,1-3H3/t16-,17+/m1/s1. The van der Waals surface area contributed by atoms with Gasteiger partial charge < -0.3 is 5.11 Å². The van der Waals surface area contributed by atoms with E-state index >= 15 is 0 Å². The topological polar surface area (TPSA) is 41.3 Å². The van der Waals surface area contributed by atoms with Gasteiger partial charge in [-0.2, -0.15) is 5.10 Å². The Balaban J connectivity index is 1.81. The maximum Gasteiger partial charge on any atom is 0.131 e. The normalized spacial score (nSPS) is 19.8. The zero-order valence-electron chi connectivity index (χ0n) is 14.3. The molecule has 0 radical (unpaired) electrons. The summed E-state index contributed by atoms with van der Waals surface area (Å²) in [5.41, 5.74) is 3.45. The summed E-state index contributed by atoms with van der Waals surface area (Å²) in [5.74, 6) is -1.34. The first-order chi connectivity index (χ1) is 11.4. The Morgan fingerprint density at radius 1 is 1.33 bits per heavy atom. The first-order valence-electron chi connectivity index (χ1n) is 8.25. The van der Waals surface area contributed by atoms with Crippen LogP contribution >= 0.6 is 0 Å². The number of hydrogen-bond donors (Lipinski definition) is 1. The van der Waals surface area contributed by atoms with Crippen LogP contribution < -0.4 is 0 Å². The Kier molecular flexibility index (Phi) is 4.69. The van der Waals surface area contributed by atoms with Crippen LogP contribution in [-0.4, -0.2) is 32.9 Å². The van der Waals surface area contributed by atoms with Gasteiger partial charge in [0.2, 0.25) is 0 Å². The third kappa shape index (κ3) is 3.08. The monoisotopic (exact) mass is 335 g/mol. The van der Waals surface area contributed by atoms with Crippen LogP contribution in [0.5, 0.6) is 0 Å². The molecule has 1 aliphatic heterocycles. The van der Waals surface area contributed by atoms with Crippen molar-refractivity contribution in [2.45, 2.75) is 38.8 Å². The van der Waals surface area contributed by atoms with Gasteiger partial charge in [0.05, 0.1) is 11.8 Å². The predicted octanol–water partition coefficient (Wildman–Crippen LogP) is 3.19. The van der Waals surface area contributed by atoms with Crippen molar-refractivity contribution in [1.82, 2.24) is 14.7 Å². The maximum absolute atomic E-state index is 13.9. The van der Waals surface area contributed by atoms with Gasteiger partial charge in [0.25, 0.3) is 0 Å². The van der Waals surface area contributed by atoms with Crippen molar-refractivity contribution in [3.63, 3.8) is 0 Å². The lowest BCUT2D eigenvalue weighted by Crippen LogP contribution is -2.29. The fraction of sp³-hybridized carbons (Fsp3) is 0.500. The highest BCUT2D eigenvalue weighted by atomic mass is 19.1. The molecule has 0 amide bonds. The number of β-amino-alcohol motifs (C(OH)–C–C–N with tert-alkyl or cyclic N) is 1. The SMILES string of the molecule is Cc1nn(C)c(C)c1[C@H]1CCCN1C[C@H](O)c1ccc(F)cc1F. The molecule has 0 unspecified atom stereocenters. The second-order valence-corrected chi connectivity index (χ2v) is 6.54. The molecule has 1 aromatic heterocycles. The Morgan fingerprint density at radius 3 is 2.71 bits per heavy atom. The van der Waals surface area contributed by atoms with E-state index in [4.69, 9.17) is 0 Å². The first-order valence-corrected chi connectivity index (χ1v) is 8.25. The summed E-state index contributed by atoms with van der Waals surface area (Å²) in [5, 5.41) is 14.9. The van der Waals surface area contributed by atoms with Gasteiger partial charge in [0.15, 0.2) is 0 Å². The third-order valence-electron chi connectivity index (χ3n) is 4.99. The Morgan fingerprint density at radius 2 is 2.08 bits per heavy atom. The van der Waals surface area contributed by atoms with Gasteiger partial charge in [-0.25, -0.2) is 8.78 Å². The Bertz CT molecular complexity index is 744. The average Bonchev–Trinajstić information content (AvgIpc) is 3.04. The number of aryl methyl sites for hydroxylation is 2. The number of likely N-dealkylation sites (tertiary alicyclic amines) is 1. The maximum atomic E-state index is 13.9. The van der Waals surface area contributed by atoms with Crippen LogP contribution in [0.1, 0.15) is 47.5 Å². The number of benzene rings is 1. The molecule has 130 valence electrons. The van der Waals surface area contributed by atoms with Gasteiger partial charge in [0.1, 0.15) is 11.6 Å². The van der Waals surface area contributed by atoms with Gasteiger partial charge in [-0.15, -0.1) is 0 Å². The highest BCUT2D eigenvalue weighted by Crippen LogP contribution is 2.36. The zero-order chi connectivity index (χ0) is 17.4. The lowest BCUT2D eigenvalue weighted by atomic mass is 10.0. The van der Waals surface area contributed by atoms with E-state index in [9.17, 15) is 13.9 Å². The van der Waals surface area contributed by atoms with Crippen LogP contribution in [-0.2, 0) is 7.05 Å². The third-order valence-corrected chi connectivity index (χ3v) is 4.99. The summed E-state index contributed by atoms with van der Waals surface area (Å²) in [6, 6.07) is 3.49. The molecule has 0 spiro atoms. The van der Waals surface area contributed by atoms with Gasteiger partial charge in [-0.3, -0.25) is 9.58 Å². The van der Waals surface area contributed by atoms with Crippen molar-refractivity contribution in [2.24, 2.45) is 7.05 Å². The molecule has 2 atom stereocenters. The van der Waals surface area contributed by atoms with Crippen LogP contribution in [0.2, 0.25) is 0 Å². The number of aliphatic hydroxyl groups is 1. The van der Waals surface area contributed by atoms with Crippen LogP contribution in [0.25, 0.3) is 0 Å². The van der Waals surface area contributed by atoms with E-state index in [0.717, 1.165) is 36.8 Å². The summed E-state index contributed by atoms with van der Waals surface area (Å²) >= 11 is 0. The van der Waals surface area contributed by atoms with Gasteiger partial charge >= 0.3 is 0 Å². The minimum atomic E-state index is -0.983. The lowest BCUT2D eigenvalue weighted by Gasteiger charge is -2.27. The van der Waals surface area contributed by atoms with E-state index in [1.165, 1.54) is 17.7 Å². The van der Waals surface area contributed by atoms with Crippen LogP contribution in [0.4, 0.5) is 8.78 Å². The minimum absolute atomic E-state index is 0.140. The summed E-state index contributed by atoms with van der Waals surface area (Å²) in [6.07, 6.45) is 1.03. The zero-order valence-corrected chi connectivity index (χ0v) is 14.3. The fourth-order valence-corrected chi connectivity index (χ4v) is 3.74. The van der Waals surface area contributed by atoms with Crippen molar-refractivity contribution >= 4 is 0 Å². The molecule has 2 heterocycles. The molecule has 4 nitrogen and oxygen atoms in total. The van der Waals surface area contributed by atoms with E-state index in [2.05, 4.69) is 10.00 Å². The van der Waals surface area contributed by atoms with E-state index in [0.29, 0.717) is 6.54 Å². The van der Waals surface area contributed by atoms with Crippen molar-refractivity contribution in [3.05, 3.63) is 52.3 Å². The van der Waals surface area contributed by atoms with Gasteiger partial charge in [-0.05, 0) is 39.3 Å². The fourth-order valence-electron chi connectivity index (χ4n) is 3.74. The minimum Gasteiger partial charge on any atom is -0.387 e. The largest absolute Gasteiger partial charge is 0.387 e. The number of aromatic nitrogens is 2. The lowest BCUT2D eigenvalue weighted by molar-refractivity contribution is 0.103. The molecular formula is C18H23F2N3O. The predicted molar refractivity (Wildman–Crippen MR) is 87.5 cm³/mol. The van der Waals surface area contributed by atoms with E-state index < -0.39 is 17.7 Å². The number of nitrogens with zero attached hydrogens (tertiary/aromatic N) is 3. The van der Waals surface area contributed by atoms with Gasteiger partial charge in [0, 0.05) is 42.5 Å². The average molecular weight is 335 g/mol. The Labute approximate surface area is 140 Å². The molecule has 1 saturated heterocycles. The summed E-state index contributed by atoms with van der Waals surface area (Å²) in [4.78, 5) is 2.17. The molecule has 1 N–H and O–H groups in total. The summed E-state index contributed by atoms with van der Waals surface area (Å²) in [7, 11) is 1.92.